The van der Waals surface area contributed by atoms with Gasteiger partial charge in [-0.25, -0.2) is 0 Å². The van der Waals surface area contributed by atoms with E-state index in [-0.39, 0.29) is 25.2 Å². The normalized spacial score (nSPS) is 10.1. The second-order valence-corrected chi connectivity index (χ2v) is 6.48. The summed E-state index contributed by atoms with van der Waals surface area (Å²) < 4.78 is 5.76. The van der Waals surface area contributed by atoms with Gasteiger partial charge in [0.25, 0.3) is 5.91 Å². The number of esters is 1. The van der Waals surface area contributed by atoms with Crippen LogP contribution in [0.15, 0.2) is 46.3 Å². The maximum atomic E-state index is 11.7. The summed E-state index contributed by atoms with van der Waals surface area (Å²) in [6, 6.07) is 10.5. The van der Waals surface area contributed by atoms with E-state index in [0.717, 1.165) is 4.47 Å². The van der Waals surface area contributed by atoms with Crippen molar-refractivity contribution in [1.29, 1.82) is 0 Å². The van der Waals surface area contributed by atoms with Gasteiger partial charge in [0, 0.05) is 16.6 Å². The number of ether oxygens (including phenoxy) is 1. The quantitative estimate of drug-likeness (QED) is 0.573. The Morgan fingerprint density at radius 1 is 1.09 bits per heavy atom. The number of benzene rings is 1. The molecule has 5 nitrogen and oxygen atoms in total. The van der Waals surface area contributed by atoms with Crippen molar-refractivity contribution in [3.8, 4) is 0 Å². The molecule has 0 saturated carbocycles. The first-order valence-corrected chi connectivity index (χ1v) is 8.49. The molecule has 2 aromatic rings. The summed E-state index contributed by atoms with van der Waals surface area (Å²) in [6.07, 6.45) is 0.0377. The molecule has 0 saturated heterocycles. The second kappa shape index (κ2) is 8.59. The highest BCUT2D eigenvalue weighted by atomic mass is 79.9. The standard InChI is InChI=1S/C16H14BrNO4S/c17-11-3-5-12(6-4-11)18-15(20)10-22-16(21)8-7-13(19)14-2-1-9-23-14/h1-6,9H,7-8,10H2,(H,18,20). The molecule has 2 rings (SSSR count). The van der Waals surface area contributed by atoms with Crippen LogP contribution in [0, 0.1) is 0 Å². The Hall–Kier alpha value is -1.99. The van der Waals surface area contributed by atoms with Crippen molar-refractivity contribution in [1.82, 2.24) is 0 Å². The van der Waals surface area contributed by atoms with E-state index in [2.05, 4.69) is 21.2 Å². The number of nitrogens with one attached hydrogen (secondary N) is 1. The molecule has 0 aliphatic rings. The number of halogens is 1. The lowest BCUT2D eigenvalue weighted by molar-refractivity contribution is -0.147. The van der Waals surface area contributed by atoms with Gasteiger partial charge in [-0.15, -0.1) is 11.3 Å². The average Bonchev–Trinajstić information content (AvgIpc) is 3.07. The Bertz CT molecular complexity index is 683. The monoisotopic (exact) mass is 395 g/mol. The van der Waals surface area contributed by atoms with Gasteiger partial charge in [-0.1, -0.05) is 22.0 Å². The summed E-state index contributed by atoms with van der Waals surface area (Å²) in [4.78, 5) is 35.6. The highest BCUT2D eigenvalue weighted by molar-refractivity contribution is 9.10. The summed E-state index contributed by atoms with van der Waals surface area (Å²) in [5.74, 6) is -1.10. The number of Topliss-reactive ketones (excluding diaryl/α,β-unsaturated/α-hetero) is 1. The zero-order valence-corrected chi connectivity index (χ0v) is 14.5. The highest BCUT2D eigenvalue weighted by Gasteiger charge is 2.12. The Balaban J connectivity index is 1.68. The van der Waals surface area contributed by atoms with Gasteiger partial charge in [0.15, 0.2) is 12.4 Å². The molecule has 120 valence electrons. The Labute approximate surface area is 145 Å². The van der Waals surface area contributed by atoms with Crippen molar-refractivity contribution in [3.63, 3.8) is 0 Å². The summed E-state index contributed by atoms with van der Waals surface area (Å²) >= 11 is 4.63. The number of carbonyl (C=O) groups excluding carboxylic acids is 3. The lowest BCUT2D eigenvalue weighted by Crippen LogP contribution is -2.21. The lowest BCUT2D eigenvalue weighted by atomic mass is 10.2. The predicted octanol–water partition coefficient (Wildman–Crippen LogP) is 3.66. The van der Waals surface area contributed by atoms with Crippen LogP contribution < -0.4 is 5.32 Å². The van der Waals surface area contributed by atoms with E-state index >= 15 is 0 Å². The fourth-order valence-corrected chi connectivity index (χ4v) is 2.68. The van der Waals surface area contributed by atoms with Crippen molar-refractivity contribution in [2.45, 2.75) is 12.8 Å². The average molecular weight is 396 g/mol. The number of anilines is 1. The van der Waals surface area contributed by atoms with Gasteiger partial charge in [0.2, 0.25) is 0 Å². The molecule has 1 heterocycles. The molecule has 0 bridgehead atoms. The van der Waals surface area contributed by atoms with Gasteiger partial charge in [0.1, 0.15) is 0 Å². The molecule has 0 spiro atoms. The van der Waals surface area contributed by atoms with Gasteiger partial charge < -0.3 is 10.1 Å². The third kappa shape index (κ3) is 5.96. The predicted molar refractivity (Wildman–Crippen MR) is 91.6 cm³/mol. The van der Waals surface area contributed by atoms with E-state index in [1.807, 2.05) is 0 Å². The molecular formula is C16H14BrNO4S. The van der Waals surface area contributed by atoms with Crippen molar-refractivity contribution in [2.75, 3.05) is 11.9 Å². The smallest absolute Gasteiger partial charge is 0.306 e. The van der Waals surface area contributed by atoms with Crippen LogP contribution in [0.5, 0.6) is 0 Å². The van der Waals surface area contributed by atoms with Gasteiger partial charge in [-0.2, -0.15) is 0 Å². The summed E-state index contributed by atoms with van der Waals surface area (Å²) in [6.45, 7) is -0.373. The molecule has 1 amide bonds. The molecule has 23 heavy (non-hydrogen) atoms. The van der Waals surface area contributed by atoms with E-state index in [4.69, 9.17) is 4.74 Å². The minimum absolute atomic E-state index is 0.0394. The Morgan fingerprint density at radius 2 is 1.83 bits per heavy atom. The van der Waals surface area contributed by atoms with Gasteiger partial charge in [0.05, 0.1) is 11.3 Å². The molecule has 1 aromatic carbocycles. The van der Waals surface area contributed by atoms with E-state index in [9.17, 15) is 14.4 Å². The minimum Gasteiger partial charge on any atom is -0.456 e. The molecular weight excluding hydrogens is 382 g/mol. The van der Waals surface area contributed by atoms with E-state index in [1.165, 1.54) is 11.3 Å². The molecule has 0 unspecified atom stereocenters. The number of hydrogen-bond donors (Lipinski definition) is 1. The minimum atomic E-state index is -0.569. The number of thiophene rings is 1. The maximum Gasteiger partial charge on any atom is 0.306 e. The van der Waals surface area contributed by atoms with E-state index < -0.39 is 11.9 Å². The summed E-state index contributed by atoms with van der Waals surface area (Å²) in [5.41, 5.74) is 0.613. The third-order valence-electron chi connectivity index (χ3n) is 2.84. The maximum absolute atomic E-state index is 11.7. The number of hydrogen-bond acceptors (Lipinski definition) is 5. The lowest BCUT2D eigenvalue weighted by Gasteiger charge is -2.06. The fourth-order valence-electron chi connectivity index (χ4n) is 1.72. The SMILES string of the molecule is O=C(COC(=O)CCC(=O)c1cccs1)Nc1ccc(Br)cc1. The van der Waals surface area contributed by atoms with Crippen LogP contribution in [-0.2, 0) is 14.3 Å². The van der Waals surface area contributed by atoms with Gasteiger partial charge >= 0.3 is 5.97 Å². The number of ketones is 1. The van der Waals surface area contributed by atoms with Crippen LogP contribution in [0.4, 0.5) is 5.69 Å². The van der Waals surface area contributed by atoms with Crippen molar-refractivity contribution in [3.05, 3.63) is 51.1 Å². The number of rotatable bonds is 7. The molecule has 7 heteroatoms. The largest absolute Gasteiger partial charge is 0.456 e. The van der Waals surface area contributed by atoms with Crippen molar-refractivity contribution < 1.29 is 19.1 Å². The van der Waals surface area contributed by atoms with Crippen LogP contribution in [0.2, 0.25) is 0 Å². The molecule has 0 fully saturated rings. The van der Waals surface area contributed by atoms with Crippen LogP contribution in [0.25, 0.3) is 0 Å². The topological polar surface area (TPSA) is 72.5 Å². The fraction of sp³-hybridized carbons (Fsp3) is 0.188. The highest BCUT2D eigenvalue weighted by Crippen LogP contribution is 2.14. The first-order valence-electron chi connectivity index (χ1n) is 6.82. The van der Waals surface area contributed by atoms with Crippen molar-refractivity contribution in [2.24, 2.45) is 0 Å². The third-order valence-corrected chi connectivity index (χ3v) is 4.28. The molecule has 0 aliphatic heterocycles. The molecule has 1 N–H and O–H groups in total. The van der Waals surface area contributed by atoms with Crippen LogP contribution in [-0.4, -0.2) is 24.3 Å². The van der Waals surface area contributed by atoms with Gasteiger partial charge in [-0.3, -0.25) is 14.4 Å². The summed E-state index contributed by atoms with van der Waals surface area (Å²) in [7, 11) is 0. The summed E-state index contributed by atoms with van der Waals surface area (Å²) in [5, 5.41) is 4.41. The molecule has 0 aliphatic carbocycles. The Morgan fingerprint density at radius 3 is 2.48 bits per heavy atom. The second-order valence-electron chi connectivity index (χ2n) is 4.62. The molecule has 0 radical (unpaired) electrons. The number of amides is 1. The molecule has 0 atom stereocenters. The Kier molecular flexibility index (Phi) is 6.49. The zero-order valence-electron chi connectivity index (χ0n) is 12.1. The van der Waals surface area contributed by atoms with Crippen LogP contribution in [0.1, 0.15) is 22.5 Å². The van der Waals surface area contributed by atoms with Crippen molar-refractivity contribution >= 4 is 50.6 Å². The van der Waals surface area contributed by atoms with Crippen LogP contribution >= 0.6 is 27.3 Å². The van der Waals surface area contributed by atoms with Gasteiger partial charge in [-0.05, 0) is 35.7 Å². The number of carbonyl (C=O) groups is 3. The molecule has 1 aromatic heterocycles. The first kappa shape index (κ1) is 17.4. The van der Waals surface area contributed by atoms with E-state index in [1.54, 1.807) is 41.8 Å². The zero-order chi connectivity index (χ0) is 16.7. The van der Waals surface area contributed by atoms with E-state index in [0.29, 0.717) is 10.6 Å². The first-order chi connectivity index (χ1) is 11.0. The van der Waals surface area contributed by atoms with Crippen LogP contribution in [0.3, 0.4) is 0 Å².